The van der Waals surface area contributed by atoms with E-state index in [1.54, 1.807) is 19.2 Å². The van der Waals surface area contributed by atoms with Gasteiger partial charge in [0.2, 0.25) is 0 Å². The van der Waals surface area contributed by atoms with Gasteiger partial charge >= 0.3 is 6.18 Å². The van der Waals surface area contributed by atoms with Crippen LogP contribution in [0.3, 0.4) is 0 Å². The summed E-state index contributed by atoms with van der Waals surface area (Å²) in [4.78, 5) is 4.17. The zero-order chi connectivity index (χ0) is 23.8. The Hall–Kier alpha value is -2.94. The van der Waals surface area contributed by atoms with Gasteiger partial charge in [0.25, 0.3) is 0 Å². The minimum absolute atomic E-state index is 0.161. The van der Waals surface area contributed by atoms with Gasteiger partial charge in [-0.05, 0) is 50.2 Å². The predicted molar refractivity (Wildman–Crippen MR) is 122 cm³/mol. The Kier molecular flexibility index (Phi) is 6.43. The van der Waals surface area contributed by atoms with Crippen molar-refractivity contribution in [3.8, 4) is 0 Å². The average molecular weight is 462 g/mol. The second-order valence-electron chi connectivity index (χ2n) is 8.58. The number of hydrogen-bond donors (Lipinski definition) is 1. The van der Waals surface area contributed by atoms with Gasteiger partial charge in [0.05, 0.1) is 23.8 Å². The first kappa shape index (κ1) is 23.2. The Bertz CT molecular complexity index is 1130. The number of hydrogen-bond acceptors (Lipinski definition) is 5. The zero-order valence-electron chi connectivity index (χ0n) is 18.8. The fourth-order valence-corrected chi connectivity index (χ4v) is 4.43. The van der Waals surface area contributed by atoms with E-state index in [-0.39, 0.29) is 11.6 Å². The monoisotopic (exact) mass is 461 g/mol. The number of aromatic nitrogens is 2. The van der Waals surface area contributed by atoms with E-state index in [9.17, 15) is 17.6 Å². The number of nitrogens with zero attached hydrogens (tertiary/aromatic N) is 4. The summed E-state index contributed by atoms with van der Waals surface area (Å²) in [6.45, 7) is 5.00. The Morgan fingerprint density at radius 3 is 2.70 bits per heavy atom. The van der Waals surface area contributed by atoms with Crippen LogP contribution in [0.5, 0.6) is 0 Å². The van der Waals surface area contributed by atoms with Gasteiger partial charge in [0, 0.05) is 36.1 Å². The number of benzene rings is 2. The number of piperazine rings is 1. The molecule has 0 bridgehead atoms. The topological polar surface area (TPSA) is 44.3 Å². The SMILES string of the molecule is Cc1c([C@@H](C)Nc2nncc3ccc(N4CCN(C)C(CF)C4)cc23)cccc1C(F)(F)F. The number of alkyl halides is 4. The molecule has 1 fully saturated rings. The number of nitrogens with one attached hydrogen (secondary N) is 1. The van der Waals surface area contributed by atoms with Crippen LogP contribution in [0.15, 0.2) is 42.6 Å². The molecule has 3 aromatic rings. The number of fused-ring (bicyclic) bond motifs is 1. The van der Waals surface area contributed by atoms with Crippen LogP contribution in [0.1, 0.15) is 29.7 Å². The van der Waals surface area contributed by atoms with E-state index in [2.05, 4.69) is 20.4 Å². The molecule has 4 rings (SSSR count). The lowest BCUT2D eigenvalue weighted by atomic mass is 9.97. The second kappa shape index (κ2) is 9.13. The summed E-state index contributed by atoms with van der Waals surface area (Å²) in [5, 5.41) is 13.2. The Morgan fingerprint density at radius 1 is 1.18 bits per heavy atom. The fourth-order valence-electron chi connectivity index (χ4n) is 4.43. The molecule has 2 heterocycles. The Balaban J connectivity index is 1.64. The molecular formula is C24H27F4N5. The predicted octanol–water partition coefficient (Wildman–Crippen LogP) is 5.22. The maximum absolute atomic E-state index is 13.4. The third kappa shape index (κ3) is 4.73. The molecule has 2 aromatic carbocycles. The van der Waals surface area contributed by atoms with Crippen molar-refractivity contribution in [1.82, 2.24) is 15.1 Å². The molecule has 0 radical (unpaired) electrons. The van der Waals surface area contributed by atoms with E-state index in [0.29, 0.717) is 17.9 Å². The van der Waals surface area contributed by atoms with Crippen LogP contribution >= 0.6 is 0 Å². The summed E-state index contributed by atoms with van der Waals surface area (Å²) in [7, 11) is 1.93. The maximum Gasteiger partial charge on any atom is 0.416 e. The lowest BCUT2D eigenvalue weighted by Crippen LogP contribution is -2.52. The van der Waals surface area contributed by atoms with E-state index in [0.717, 1.165) is 35.6 Å². The number of rotatable bonds is 5. The van der Waals surface area contributed by atoms with Crippen LogP contribution in [-0.4, -0.2) is 54.5 Å². The van der Waals surface area contributed by atoms with E-state index >= 15 is 0 Å². The number of halogens is 4. The van der Waals surface area contributed by atoms with E-state index in [4.69, 9.17) is 0 Å². The minimum atomic E-state index is -4.41. The Morgan fingerprint density at radius 2 is 1.97 bits per heavy atom. The third-order valence-electron chi connectivity index (χ3n) is 6.47. The van der Waals surface area contributed by atoms with Crippen molar-refractivity contribution >= 4 is 22.3 Å². The van der Waals surface area contributed by atoms with Crippen molar-refractivity contribution in [2.45, 2.75) is 32.1 Å². The highest BCUT2D eigenvalue weighted by atomic mass is 19.4. The molecule has 0 aliphatic carbocycles. The normalized spacial score (nSPS) is 18.5. The molecule has 1 aromatic heterocycles. The second-order valence-corrected chi connectivity index (χ2v) is 8.58. The van der Waals surface area contributed by atoms with Crippen molar-refractivity contribution in [3.63, 3.8) is 0 Å². The van der Waals surface area contributed by atoms with Gasteiger partial charge in [-0.3, -0.25) is 4.90 Å². The van der Waals surface area contributed by atoms with E-state index < -0.39 is 24.5 Å². The standard InChI is InChI=1S/C24H27F4N5/c1-15-20(5-4-6-22(15)24(26,27)28)16(2)30-23-21-11-18(8-7-17(21)13-29-31-23)33-10-9-32(3)19(12-25)14-33/h4-8,11,13,16,19H,9-10,12,14H2,1-3H3,(H,30,31)/t16-,19?/m1/s1. The third-order valence-corrected chi connectivity index (χ3v) is 6.47. The highest BCUT2D eigenvalue weighted by Crippen LogP contribution is 2.36. The highest BCUT2D eigenvalue weighted by Gasteiger charge is 2.33. The first-order chi connectivity index (χ1) is 15.7. The molecule has 1 aliphatic rings. The van der Waals surface area contributed by atoms with Gasteiger partial charge in [-0.1, -0.05) is 18.2 Å². The van der Waals surface area contributed by atoms with Crippen molar-refractivity contribution in [1.29, 1.82) is 0 Å². The van der Waals surface area contributed by atoms with Crippen molar-refractivity contribution in [2.75, 3.05) is 43.6 Å². The van der Waals surface area contributed by atoms with Gasteiger partial charge in [-0.15, -0.1) is 5.10 Å². The van der Waals surface area contributed by atoms with Gasteiger partial charge in [-0.2, -0.15) is 18.3 Å². The average Bonchev–Trinajstić information content (AvgIpc) is 2.78. The molecule has 0 amide bonds. The summed E-state index contributed by atoms with van der Waals surface area (Å²) in [5.74, 6) is 0.495. The summed E-state index contributed by atoms with van der Waals surface area (Å²) in [6.07, 6.45) is -2.76. The van der Waals surface area contributed by atoms with Crippen LogP contribution in [0.4, 0.5) is 29.1 Å². The summed E-state index contributed by atoms with van der Waals surface area (Å²) < 4.78 is 53.5. The van der Waals surface area contributed by atoms with Crippen LogP contribution in [0.25, 0.3) is 10.8 Å². The molecule has 1 saturated heterocycles. The molecule has 9 heteroatoms. The summed E-state index contributed by atoms with van der Waals surface area (Å²) >= 11 is 0. The number of likely N-dealkylation sites (N-methyl/N-ethyl adjacent to an activating group) is 1. The lowest BCUT2D eigenvalue weighted by Gasteiger charge is -2.39. The van der Waals surface area contributed by atoms with Crippen molar-refractivity contribution < 1.29 is 17.6 Å². The molecule has 33 heavy (non-hydrogen) atoms. The van der Waals surface area contributed by atoms with Gasteiger partial charge in [0.15, 0.2) is 5.82 Å². The molecule has 2 atom stereocenters. The quantitative estimate of drug-likeness (QED) is 0.528. The number of anilines is 2. The molecule has 1 unspecified atom stereocenters. The van der Waals surface area contributed by atoms with Gasteiger partial charge in [0.1, 0.15) is 6.67 Å². The fraction of sp³-hybridized carbons (Fsp3) is 0.417. The first-order valence-electron chi connectivity index (χ1n) is 10.9. The first-order valence-corrected chi connectivity index (χ1v) is 10.9. The molecule has 176 valence electrons. The van der Waals surface area contributed by atoms with Gasteiger partial charge < -0.3 is 10.2 Å². The largest absolute Gasteiger partial charge is 0.416 e. The van der Waals surface area contributed by atoms with Crippen LogP contribution < -0.4 is 10.2 Å². The summed E-state index contributed by atoms with van der Waals surface area (Å²) in [6, 6.07) is 9.53. The smallest absolute Gasteiger partial charge is 0.369 e. The molecule has 0 saturated carbocycles. The van der Waals surface area contributed by atoms with E-state index in [1.165, 1.54) is 13.0 Å². The highest BCUT2D eigenvalue weighted by molar-refractivity contribution is 5.93. The van der Waals surface area contributed by atoms with Crippen LogP contribution in [0, 0.1) is 6.92 Å². The Labute approximate surface area is 190 Å². The lowest BCUT2D eigenvalue weighted by molar-refractivity contribution is -0.138. The molecule has 0 spiro atoms. The van der Waals surface area contributed by atoms with Crippen molar-refractivity contribution in [2.24, 2.45) is 0 Å². The molecule has 1 aliphatic heterocycles. The van der Waals surface area contributed by atoms with Gasteiger partial charge in [-0.25, -0.2) is 4.39 Å². The van der Waals surface area contributed by atoms with Crippen molar-refractivity contribution in [3.05, 3.63) is 59.3 Å². The molecular weight excluding hydrogens is 434 g/mol. The minimum Gasteiger partial charge on any atom is -0.369 e. The van der Waals surface area contributed by atoms with Crippen LogP contribution in [0.2, 0.25) is 0 Å². The zero-order valence-corrected chi connectivity index (χ0v) is 18.8. The van der Waals surface area contributed by atoms with Crippen LogP contribution in [-0.2, 0) is 6.18 Å². The van der Waals surface area contributed by atoms with E-state index in [1.807, 2.05) is 30.1 Å². The summed E-state index contributed by atoms with van der Waals surface area (Å²) in [5.41, 5.74) is 1.05. The molecule has 1 N–H and O–H groups in total. The molecule has 5 nitrogen and oxygen atoms in total. The maximum atomic E-state index is 13.4.